The van der Waals surface area contributed by atoms with Crippen LogP contribution >= 0.6 is 15.9 Å². The van der Waals surface area contributed by atoms with Gasteiger partial charge in [-0.25, -0.2) is 0 Å². The molecule has 0 aromatic heterocycles. The zero-order chi connectivity index (χ0) is 10.6. The van der Waals surface area contributed by atoms with Crippen molar-refractivity contribution in [2.45, 2.75) is 26.7 Å². The number of aryl methyl sites for hydroxylation is 1. The number of aliphatic hydroxyl groups excluding tert-OH is 1. The fraction of sp³-hybridized carbons (Fsp3) is 0.417. The average Bonchev–Trinajstić information content (AvgIpc) is 2.20. The van der Waals surface area contributed by atoms with E-state index in [1.807, 2.05) is 6.92 Å². The molecule has 0 saturated carbocycles. The lowest BCUT2D eigenvalue weighted by molar-refractivity contribution is 0.315. The summed E-state index contributed by atoms with van der Waals surface area (Å²) in [5, 5.41) is 9.00. The van der Waals surface area contributed by atoms with E-state index in [0.717, 1.165) is 28.8 Å². The Bertz CT molecular complexity index is 296. The van der Waals surface area contributed by atoms with Gasteiger partial charge in [-0.15, -0.1) is 0 Å². The molecular formula is C12H16BrO. The van der Waals surface area contributed by atoms with Gasteiger partial charge >= 0.3 is 0 Å². The summed E-state index contributed by atoms with van der Waals surface area (Å²) in [6, 6.07) is 6.28. The monoisotopic (exact) mass is 255 g/mol. The normalized spacial score (nSPS) is 10.9. The van der Waals surface area contributed by atoms with Gasteiger partial charge in [0.15, 0.2) is 0 Å². The molecule has 1 N–H and O–H groups in total. The fourth-order valence-electron chi connectivity index (χ4n) is 1.38. The fourth-order valence-corrected chi connectivity index (χ4v) is 1.95. The molecule has 1 radical (unpaired) electrons. The van der Waals surface area contributed by atoms with E-state index in [1.165, 1.54) is 5.56 Å². The standard InChI is InChI=1S/C12H16BrO/c1-3-4-10-5-6-11(7-12(10)13)9(2)8-14/h5-7,14H,3-4,8H2,1-2H3. The van der Waals surface area contributed by atoms with E-state index < -0.39 is 0 Å². The first-order chi connectivity index (χ1) is 6.69. The third kappa shape index (κ3) is 2.82. The molecule has 0 heterocycles. The van der Waals surface area contributed by atoms with Crippen molar-refractivity contribution in [3.05, 3.63) is 39.7 Å². The third-order valence-corrected chi connectivity index (χ3v) is 3.04. The maximum Gasteiger partial charge on any atom is 0.0534 e. The molecule has 2 heteroatoms. The Kier molecular flexibility index (Phi) is 4.63. The van der Waals surface area contributed by atoms with Crippen LogP contribution in [-0.2, 0) is 6.42 Å². The molecule has 1 aromatic carbocycles. The number of aliphatic hydroxyl groups is 1. The Labute approximate surface area is 94.3 Å². The molecule has 0 aliphatic rings. The molecule has 14 heavy (non-hydrogen) atoms. The van der Waals surface area contributed by atoms with Gasteiger partial charge in [0.2, 0.25) is 0 Å². The van der Waals surface area contributed by atoms with Crippen LogP contribution in [0.3, 0.4) is 0 Å². The van der Waals surface area contributed by atoms with Crippen LogP contribution in [0.25, 0.3) is 0 Å². The first-order valence-corrected chi connectivity index (χ1v) is 5.70. The molecule has 0 saturated heterocycles. The van der Waals surface area contributed by atoms with Crippen LogP contribution in [0.5, 0.6) is 0 Å². The lowest BCUT2D eigenvalue weighted by Gasteiger charge is -2.10. The van der Waals surface area contributed by atoms with Crippen LogP contribution in [0, 0.1) is 5.92 Å². The number of halogens is 1. The summed E-state index contributed by atoms with van der Waals surface area (Å²) in [5.41, 5.74) is 2.45. The summed E-state index contributed by atoms with van der Waals surface area (Å²) in [7, 11) is 0. The Hall–Kier alpha value is -0.340. The molecule has 0 fully saturated rings. The zero-order valence-corrected chi connectivity index (χ0v) is 10.3. The van der Waals surface area contributed by atoms with Crippen molar-refractivity contribution >= 4 is 15.9 Å². The van der Waals surface area contributed by atoms with Gasteiger partial charge in [-0.1, -0.05) is 48.3 Å². The van der Waals surface area contributed by atoms with Crippen molar-refractivity contribution in [1.29, 1.82) is 0 Å². The lowest BCUT2D eigenvalue weighted by atomic mass is 9.99. The Balaban J connectivity index is 2.88. The molecular weight excluding hydrogens is 240 g/mol. The summed E-state index contributed by atoms with van der Waals surface area (Å²) in [6.07, 6.45) is 2.25. The number of rotatable bonds is 4. The van der Waals surface area contributed by atoms with E-state index >= 15 is 0 Å². The zero-order valence-electron chi connectivity index (χ0n) is 8.68. The van der Waals surface area contributed by atoms with Crippen molar-refractivity contribution in [2.75, 3.05) is 6.61 Å². The maximum atomic E-state index is 9.00. The second-order valence-corrected chi connectivity index (χ2v) is 4.35. The summed E-state index contributed by atoms with van der Waals surface area (Å²) in [5.74, 6) is 1.01. The summed E-state index contributed by atoms with van der Waals surface area (Å²) >= 11 is 3.55. The highest BCUT2D eigenvalue weighted by molar-refractivity contribution is 9.10. The van der Waals surface area contributed by atoms with Gasteiger partial charge in [-0.2, -0.15) is 0 Å². The summed E-state index contributed by atoms with van der Waals surface area (Å²) in [4.78, 5) is 0. The minimum Gasteiger partial charge on any atom is -0.395 e. The molecule has 1 nitrogen and oxygen atoms in total. The minimum atomic E-state index is 0.125. The second-order valence-electron chi connectivity index (χ2n) is 3.49. The molecule has 0 aliphatic heterocycles. The summed E-state index contributed by atoms with van der Waals surface area (Å²) < 4.78 is 1.14. The van der Waals surface area contributed by atoms with Crippen LogP contribution in [0.4, 0.5) is 0 Å². The number of hydrogen-bond acceptors (Lipinski definition) is 1. The average molecular weight is 256 g/mol. The smallest absolute Gasteiger partial charge is 0.0534 e. The van der Waals surface area contributed by atoms with E-state index in [4.69, 9.17) is 5.11 Å². The Morgan fingerprint density at radius 3 is 2.64 bits per heavy atom. The molecule has 1 aromatic rings. The van der Waals surface area contributed by atoms with Crippen LogP contribution in [0.2, 0.25) is 0 Å². The van der Waals surface area contributed by atoms with Gasteiger partial charge < -0.3 is 5.11 Å². The Morgan fingerprint density at radius 2 is 2.14 bits per heavy atom. The largest absolute Gasteiger partial charge is 0.395 e. The van der Waals surface area contributed by atoms with Gasteiger partial charge in [0.1, 0.15) is 0 Å². The van der Waals surface area contributed by atoms with Gasteiger partial charge in [0.25, 0.3) is 0 Å². The van der Waals surface area contributed by atoms with E-state index in [-0.39, 0.29) is 6.61 Å². The molecule has 1 rings (SSSR count). The quantitative estimate of drug-likeness (QED) is 0.876. The molecule has 0 bridgehead atoms. The van der Waals surface area contributed by atoms with Crippen molar-refractivity contribution in [2.24, 2.45) is 0 Å². The molecule has 77 valence electrons. The first kappa shape index (κ1) is 11.7. The molecule has 0 atom stereocenters. The minimum absolute atomic E-state index is 0.125. The van der Waals surface area contributed by atoms with Crippen LogP contribution in [0.1, 0.15) is 31.4 Å². The van der Waals surface area contributed by atoms with Gasteiger partial charge in [-0.3, -0.25) is 0 Å². The van der Waals surface area contributed by atoms with Crippen molar-refractivity contribution in [1.82, 2.24) is 0 Å². The van der Waals surface area contributed by atoms with E-state index in [2.05, 4.69) is 41.1 Å². The predicted molar refractivity (Wildman–Crippen MR) is 63.2 cm³/mol. The first-order valence-electron chi connectivity index (χ1n) is 4.91. The van der Waals surface area contributed by atoms with Gasteiger partial charge in [0.05, 0.1) is 6.61 Å². The number of hydrogen-bond donors (Lipinski definition) is 1. The molecule has 0 aliphatic carbocycles. The van der Waals surface area contributed by atoms with E-state index in [0.29, 0.717) is 0 Å². The van der Waals surface area contributed by atoms with Crippen LogP contribution in [-0.4, -0.2) is 11.7 Å². The SMILES string of the molecule is CCCc1ccc([C](C)CO)cc1Br. The predicted octanol–water partition coefficient (Wildman–Crippen LogP) is 3.34. The maximum absolute atomic E-state index is 9.00. The second kappa shape index (κ2) is 5.52. The van der Waals surface area contributed by atoms with Crippen molar-refractivity contribution < 1.29 is 5.11 Å². The van der Waals surface area contributed by atoms with E-state index in [1.54, 1.807) is 0 Å². The van der Waals surface area contributed by atoms with Gasteiger partial charge in [0, 0.05) is 10.4 Å². The third-order valence-electron chi connectivity index (χ3n) is 2.30. The van der Waals surface area contributed by atoms with Crippen molar-refractivity contribution in [3.63, 3.8) is 0 Å². The van der Waals surface area contributed by atoms with E-state index in [9.17, 15) is 0 Å². The Morgan fingerprint density at radius 1 is 1.43 bits per heavy atom. The molecule has 0 spiro atoms. The summed E-state index contributed by atoms with van der Waals surface area (Å²) in [6.45, 7) is 4.24. The highest BCUT2D eigenvalue weighted by Gasteiger charge is 2.06. The van der Waals surface area contributed by atoms with Crippen LogP contribution < -0.4 is 0 Å². The lowest BCUT2D eigenvalue weighted by Crippen LogP contribution is -2.00. The van der Waals surface area contributed by atoms with Gasteiger partial charge in [-0.05, 0) is 23.6 Å². The molecule has 0 unspecified atom stereocenters. The highest BCUT2D eigenvalue weighted by atomic mass is 79.9. The van der Waals surface area contributed by atoms with Crippen LogP contribution in [0.15, 0.2) is 22.7 Å². The van der Waals surface area contributed by atoms with Crippen molar-refractivity contribution in [3.8, 4) is 0 Å². The highest BCUT2D eigenvalue weighted by Crippen LogP contribution is 2.23. The number of benzene rings is 1. The topological polar surface area (TPSA) is 20.2 Å². The molecule has 0 amide bonds.